The van der Waals surface area contributed by atoms with Gasteiger partial charge in [-0.3, -0.25) is 19.5 Å². The molecular formula is C40H44Cl2N6O5. The molecule has 3 heterocycles. The van der Waals surface area contributed by atoms with Crippen molar-refractivity contribution in [2.75, 3.05) is 72.0 Å². The van der Waals surface area contributed by atoms with Gasteiger partial charge in [0.05, 0.1) is 64.5 Å². The fourth-order valence-electron chi connectivity index (χ4n) is 6.73. The van der Waals surface area contributed by atoms with Crippen LogP contribution in [0.15, 0.2) is 48.7 Å². The second-order valence-corrected chi connectivity index (χ2v) is 15.1. The van der Waals surface area contributed by atoms with Crippen molar-refractivity contribution in [2.45, 2.75) is 39.0 Å². The quantitative estimate of drug-likeness (QED) is 0.108. The van der Waals surface area contributed by atoms with E-state index in [4.69, 9.17) is 37.4 Å². The summed E-state index contributed by atoms with van der Waals surface area (Å²) in [6, 6.07) is 14.7. The maximum atomic E-state index is 13.1. The number of benzene rings is 3. The minimum Gasteiger partial charge on any atom is -0.495 e. The van der Waals surface area contributed by atoms with Crippen molar-refractivity contribution in [3.63, 3.8) is 0 Å². The monoisotopic (exact) mass is 758 g/mol. The highest BCUT2D eigenvalue weighted by atomic mass is 35.5. The molecule has 278 valence electrons. The Hall–Kier alpha value is -4.60. The number of carbonyl (C=O) groups excluding carboxylic acids is 2. The number of anilines is 2. The van der Waals surface area contributed by atoms with E-state index in [0.717, 1.165) is 57.7 Å². The minimum atomic E-state index is -0.189. The van der Waals surface area contributed by atoms with Gasteiger partial charge in [-0.25, -0.2) is 0 Å². The van der Waals surface area contributed by atoms with E-state index >= 15 is 0 Å². The Morgan fingerprint density at radius 2 is 1.51 bits per heavy atom. The number of pyridine rings is 1. The molecule has 0 atom stereocenters. The van der Waals surface area contributed by atoms with Gasteiger partial charge in [-0.05, 0) is 54.6 Å². The van der Waals surface area contributed by atoms with Crippen LogP contribution in [0.5, 0.6) is 17.2 Å². The Bertz CT molecular complexity index is 2070. The predicted octanol–water partition coefficient (Wildman–Crippen LogP) is 7.54. The normalized spacial score (nSPS) is 15.1. The molecule has 4 aromatic rings. The second-order valence-electron chi connectivity index (χ2n) is 14.3. The van der Waals surface area contributed by atoms with Gasteiger partial charge in [-0.2, -0.15) is 5.26 Å². The van der Waals surface area contributed by atoms with Crippen molar-refractivity contribution in [3.8, 4) is 23.3 Å². The van der Waals surface area contributed by atoms with E-state index in [1.54, 1.807) is 31.4 Å². The van der Waals surface area contributed by atoms with Crippen LogP contribution in [0.2, 0.25) is 10.0 Å². The van der Waals surface area contributed by atoms with Crippen LogP contribution < -0.4 is 19.5 Å². The van der Waals surface area contributed by atoms with E-state index in [0.29, 0.717) is 79.4 Å². The van der Waals surface area contributed by atoms with Crippen LogP contribution in [0.25, 0.3) is 10.9 Å². The molecule has 11 nitrogen and oxygen atoms in total. The molecule has 3 aromatic carbocycles. The number of hydrogen-bond donors (Lipinski definition) is 1. The Morgan fingerprint density at radius 1 is 0.830 bits per heavy atom. The summed E-state index contributed by atoms with van der Waals surface area (Å²) in [7, 11) is 3.09. The molecule has 0 saturated carbocycles. The van der Waals surface area contributed by atoms with Gasteiger partial charge in [0, 0.05) is 63.0 Å². The van der Waals surface area contributed by atoms with Crippen LogP contribution in [-0.4, -0.2) is 98.1 Å². The highest BCUT2D eigenvalue weighted by Gasteiger charge is 2.36. The van der Waals surface area contributed by atoms with Crippen LogP contribution in [0.4, 0.5) is 11.4 Å². The third kappa shape index (κ3) is 8.31. The number of nitriles is 1. The van der Waals surface area contributed by atoms with Crippen molar-refractivity contribution in [1.29, 1.82) is 5.26 Å². The average Bonchev–Trinajstić information content (AvgIpc) is 3.38. The van der Waals surface area contributed by atoms with Crippen molar-refractivity contribution in [2.24, 2.45) is 0 Å². The standard InChI is InChI=1S/C40H44Cl2N6O5/c1-40(2,3)26-8-9-27-28(18-26)39(50)48(38(27)49)12-6-10-46-13-15-47(16-14-46)11-7-17-53-36-21-32-29(19-35(36)52-5)37(25(23-43)24-44-32)45-33-22-34(51-4)31(42)20-30(33)41/h8-9,18-22,24H,6-7,10-17H2,1-5H3,(H,44,45). The van der Waals surface area contributed by atoms with Crippen LogP contribution in [0.1, 0.15) is 65.5 Å². The average molecular weight is 760 g/mol. The number of fused-ring (bicyclic) bond motifs is 2. The van der Waals surface area contributed by atoms with Gasteiger partial charge in [-0.1, -0.05) is 50.0 Å². The van der Waals surface area contributed by atoms with Gasteiger partial charge in [0.2, 0.25) is 0 Å². The molecule has 2 amide bonds. The number of piperazine rings is 1. The molecule has 0 unspecified atom stereocenters. The third-order valence-electron chi connectivity index (χ3n) is 9.81. The molecule has 2 aliphatic rings. The van der Waals surface area contributed by atoms with Gasteiger partial charge >= 0.3 is 0 Å². The van der Waals surface area contributed by atoms with Crippen molar-refractivity contribution >= 4 is 57.3 Å². The zero-order valence-electron chi connectivity index (χ0n) is 30.7. The van der Waals surface area contributed by atoms with E-state index in [1.807, 2.05) is 18.2 Å². The SMILES string of the molecule is COc1cc(Nc2c(C#N)cnc3cc(OCCCN4CCN(CCCN5C(=O)c6ccc(C(C)(C)C)cc6C5=O)CC4)c(OC)cc23)c(Cl)cc1Cl. The number of hydrogen-bond acceptors (Lipinski definition) is 10. The molecule has 6 rings (SSSR count). The number of amides is 2. The first kappa shape index (κ1) is 38.1. The maximum Gasteiger partial charge on any atom is 0.261 e. The molecule has 1 saturated heterocycles. The van der Waals surface area contributed by atoms with Crippen LogP contribution in [0.3, 0.4) is 0 Å². The van der Waals surface area contributed by atoms with Crippen molar-refractivity contribution in [3.05, 3.63) is 81.0 Å². The Balaban J connectivity index is 0.982. The van der Waals surface area contributed by atoms with Gasteiger partial charge in [0.1, 0.15) is 11.8 Å². The van der Waals surface area contributed by atoms with Crippen LogP contribution >= 0.6 is 23.2 Å². The molecule has 0 spiro atoms. The Morgan fingerprint density at radius 3 is 2.17 bits per heavy atom. The molecule has 2 aliphatic heterocycles. The Kier molecular flexibility index (Phi) is 11.6. The molecular weight excluding hydrogens is 715 g/mol. The number of imide groups is 1. The summed E-state index contributed by atoms with van der Waals surface area (Å²) in [5, 5.41) is 14.5. The van der Waals surface area contributed by atoms with Crippen LogP contribution in [-0.2, 0) is 5.41 Å². The summed E-state index contributed by atoms with van der Waals surface area (Å²) in [5.74, 6) is 1.15. The number of rotatable bonds is 13. The Labute approximate surface area is 320 Å². The summed E-state index contributed by atoms with van der Waals surface area (Å²) >= 11 is 12.7. The number of aromatic nitrogens is 1. The molecule has 1 aromatic heterocycles. The zero-order chi connectivity index (χ0) is 37.9. The fourth-order valence-corrected chi connectivity index (χ4v) is 7.23. The number of ether oxygens (including phenoxy) is 3. The lowest BCUT2D eigenvalue weighted by Gasteiger charge is -2.34. The van der Waals surface area contributed by atoms with Crippen molar-refractivity contribution < 1.29 is 23.8 Å². The molecule has 1 N–H and O–H groups in total. The van der Waals surface area contributed by atoms with E-state index in [-0.39, 0.29) is 17.2 Å². The zero-order valence-corrected chi connectivity index (χ0v) is 32.2. The molecule has 0 aliphatic carbocycles. The molecule has 13 heteroatoms. The topological polar surface area (TPSA) is 120 Å². The van der Waals surface area contributed by atoms with Gasteiger partial charge in [0.25, 0.3) is 11.8 Å². The van der Waals surface area contributed by atoms with E-state index in [2.05, 4.69) is 46.9 Å². The summed E-state index contributed by atoms with van der Waals surface area (Å²) in [6.07, 6.45) is 3.07. The molecule has 0 bridgehead atoms. The maximum absolute atomic E-state index is 13.1. The molecule has 53 heavy (non-hydrogen) atoms. The second kappa shape index (κ2) is 16.2. The molecule has 1 fully saturated rings. The van der Waals surface area contributed by atoms with E-state index in [9.17, 15) is 14.9 Å². The fraction of sp³-hybridized carbons (Fsp3) is 0.400. The summed E-state index contributed by atoms with van der Waals surface area (Å²) in [5.41, 5.74) is 3.98. The first-order valence-corrected chi connectivity index (χ1v) is 18.5. The van der Waals surface area contributed by atoms with E-state index in [1.165, 1.54) is 18.2 Å². The lowest BCUT2D eigenvalue weighted by molar-refractivity contribution is 0.0640. The molecule has 0 radical (unpaired) electrons. The minimum absolute atomic E-state index is 0.0937. The summed E-state index contributed by atoms with van der Waals surface area (Å²) in [4.78, 5) is 36.8. The number of carbonyl (C=O) groups is 2. The predicted molar refractivity (Wildman–Crippen MR) is 207 cm³/mol. The number of nitrogens with zero attached hydrogens (tertiary/aromatic N) is 5. The number of methoxy groups -OCH3 is 2. The first-order valence-electron chi connectivity index (χ1n) is 17.7. The van der Waals surface area contributed by atoms with E-state index < -0.39 is 0 Å². The van der Waals surface area contributed by atoms with Crippen molar-refractivity contribution in [1.82, 2.24) is 19.7 Å². The largest absolute Gasteiger partial charge is 0.495 e. The van der Waals surface area contributed by atoms with Gasteiger partial charge < -0.3 is 29.3 Å². The summed E-state index contributed by atoms with van der Waals surface area (Å²) < 4.78 is 17.2. The lowest BCUT2D eigenvalue weighted by atomic mass is 9.85. The van der Waals surface area contributed by atoms with Gasteiger partial charge in [-0.15, -0.1) is 0 Å². The number of halogens is 2. The first-order chi connectivity index (χ1) is 25.4. The highest BCUT2D eigenvalue weighted by molar-refractivity contribution is 6.37. The van der Waals surface area contributed by atoms with Crippen LogP contribution in [0, 0.1) is 11.3 Å². The van der Waals surface area contributed by atoms with Gasteiger partial charge in [0.15, 0.2) is 11.5 Å². The highest BCUT2D eigenvalue weighted by Crippen LogP contribution is 2.40. The lowest BCUT2D eigenvalue weighted by Crippen LogP contribution is -2.47. The smallest absolute Gasteiger partial charge is 0.261 e. The third-order valence-corrected chi connectivity index (χ3v) is 10.4. The summed E-state index contributed by atoms with van der Waals surface area (Å²) in [6.45, 7) is 12.7. The number of nitrogens with one attached hydrogen (secondary N) is 1.